The van der Waals surface area contributed by atoms with Gasteiger partial charge in [-0.2, -0.15) is 5.26 Å². The Balaban J connectivity index is 1.60. The first-order chi connectivity index (χ1) is 10.9. The lowest BCUT2D eigenvalue weighted by Crippen LogP contribution is -2.55. The van der Waals surface area contributed by atoms with Crippen molar-refractivity contribution in [3.05, 3.63) is 0 Å². The Kier molecular flexibility index (Phi) is 3.60. The number of aliphatic hydroxyl groups is 2. The summed E-state index contributed by atoms with van der Waals surface area (Å²) >= 11 is 0. The van der Waals surface area contributed by atoms with E-state index in [9.17, 15) is 15.5 Å². The van der Waals surface area contributed by atoms with Crippen LogP contribution in [0.2, 0.25) is 0 Å². The van der Waals surface area contributed by atoms with Crippen molar-refractivity contribution < 1.29 is 10.2 Å². The molecule has 2 N–H and O–H groups in total. The number of aliphatic hydroxyl groups excluding tert-OH is 1. The Morgan fingerprint density at radius 3 is 2.52 bits per heavy atom. The van der Waals surface area contributed by atoms with E-state index in [2.05, 4.69) is 13.0 Å². The predicted molar refractivity (Wildman–Crippen MR) is 88.2 cm³/mol. The lowest BCUT2D eigenvalue weighted by atomic mass is 9.48. The van der Waals surface area contributed by atoms with Crippen molar-refractivity contribution in [2.75, 3.05) is 0 Å². The third kappa shape index (κ3) is 2.21. The van der Waals surface area contributed by atoms with Gasteiger partial charge in [0.15, 0.2) is 0 Å². The minimum Gasteiger partial charge on any atom is -0.392 e. The van der Waals surface area contributed by atoms with Gasteiger partial charge in [0.05, 0.1) is 23.7 Å². The second-order valence-electron chi connectivity index (χ2n) is 9.55. The first-order valence-corrected chi connectivity index (χ1v) is 9.67. The first kappa shape index (κ1) is 15.9. The lowest BCUT2D eigenvalue weighted by molar-refractivity contribution is -0.143. The summed E-state index contributed by atoms with van der Waals surface area (Å²) in [5.41, 5.74) is -0.655. The highest BCUT2D eigenvalue weighted by atomic mass is 16.3. The van der Waals surface area contributed by atoms with Crippen LogP contribution in [-0.4, -0.2) is 21.9 Å². The normalized spacial score (nSPS) is 58.7. The molecule has 0 spiro atoms. The molecule has 0 heterocycles. The van der Waals surface area contributed by atoms with E-state index in [1.54, 1.807) is 0 Å². The molecule has 23 heavy (non-hydrogen) atoms. The molecule has 0 saturated heterocycles. The lowest BCUT2D eigenvalue weighted by Gasteiger charge is -2.58. The van der Waals surface area contributed by atoms with Crippen LogP contribution >= 0.6 is 0 Å². The summed E-state index contributed by atoms with van der Waals surface area (Å²) in [5.74, 6) is 3.22. The molecule has 9 atom stereocenters. The van der Waals surface area contributed by atoms with Crippen molar-refractivity contribution in [3.63, 3.8) is 0 Å². The molecular weight excluding hydrogens is 286 g/mol. The molecule has 0 radical (unpaired) electrons. The topological polar surface area (TPSA) is 64.2 Å². The summed E-state index contributed by atoms with van der Waals surface area (Å²) in [5, 5.41) is 30.9. The van der Waals surface area contributed by atoms with Crippen LogP contribution in [0, 0.1) is 52.3 Å². The summed E-state index contributed by atoms with van der Waals surface area (Å²) in [6.45, 7) is 4.19. The quantitative estimate of drug-likeness (QED) is 0.718. The van der Waals surface area contributed by atoms with Crippen LogP contribution in [0.3, 0.4) is 0 Å². The highest BCUT2D eigenvalue weighted by Crippen LogP contribution is 2.64. The minimum absolute atomic E-state index is 0.0354. The molecule has 0 amide bonds. The van der Waals surface area contributed by atoms with E-state index in [1.807, 2.05) is 6.92 Å². The number of fused-ring (bicyclic) bond motifs is 5. The van der Waals surface area contributed by atoms with Crippen LogP contribution in [0.1, 0.15) is 65.2 Å². The second kappa shape index (κ2) is 5.20. The van der Waals surface area contributed by atoms with Gasteiger partial charge in [-0.15, -0.1) is 0 Å². The molecular formula is C20H31NO2. The number of hydrogen-bond donors (Lipinski definition) is 2. The Bertz CT molecular complexity index is 524. The Morgan fingerprint density at radius 2 is 1.78 bits per heavy atom. The summed E-state index contributed by atoms with van der Waals surface area (Å²) in [7, 11) is 0. The average molecular weight is 317 g/mol. The van der Waals surface area contributed by atoms with Gasteiger partial charge in [-0.25, -0.2) is 0 Å². The van der Waals surface area contributed by atoms with Crippen molar-refractivity contribution in [1.82, 2.24) is 0 Å². The van der Waals surface area contributed by atoms with Crippen LogP contribution in [-0.2, 0) is 0 Å². The molecule has 0 bridgehead atoms. The van der Waals surface area contributed by atoms with Crippen molar-refractivity contribution in [1.29, 1.82) is 5.26 Å². The van der Waals surface area contributed by atoms with Crippen LogP contribution in [0.15, 0.2) is 0 Å². The van der Waals surface area contributed by atoms with Crippen molar-refractivity contribution in [2.24, 2.45) is 40.9 Å². The maximum Gasteiger partial charge on any atom is 0.0662 e. The highest BCUT2D eigenvalue weighted by molar-refractivity contribution is 5.13. The molecule has 4 fully saturated rings. The zero-order valence-electron chi connectivity index (χ0n) is 14.5. The van der Waals surface area contributed by atoms with E-state index in [-0.39, 0.29) is 17.4 Å². The summed E-state index contributed by atoms with van der Waals surface area (Å²) in [6, 6.07) is 2.50. The van der Waals surface area contributed by atoms with E-state index < -0.39 is 5.60 Å². The van der Waals surface area contributed by atoms with E-state index in [4.69, 9.17) is 0 Å². The zero-order valence-corrected chi connectivity index (χ0v) is 14.5. The van der Waals surface area contributed by atoms with E-state index in [0.717, 1.165) is 38.5 Å². The first-order valence-electron chi connectivity index (χ1n) is 9.67. The second-order valence-corrected chi connectivity index (χ2v) is 9.55. The molecule has 4 saturated carbocycles. The van der Waals surface area contributed by atoms with Crippen LogP contribution in [0.5, 0.6) is 0 Å². The number of nitrogens with zero attached hydrogens (tertiary/aromatic N) is 1. The van der Waals surface area contributed by atoms with Gasteiger partial charge in [0.1, 0.15) is 0 Å². The fraction of sp³-hybridized carbons (Fsp3) is 0.950. The van der Waals surface area contributed by atoms with Gasteiger partial charge in [0.25, 0.3) is 0 Å². The molecule has 0 aromatic rings. The van der Waals surface area contributed by atoms with Crippen LogP contribution in [0.4, 0.5) is 0 Å². The molecule has 4 aliphatic rings. The third-order valence-electron chi connectivity index (χ3n) is 8.50. The largest absolute Gasteiger partial charge is 0.392 e. The average Bonchev–Trinajstić information content (AvgIpc) is 2.84. The smallest absolute Gasteiger partial charge is 0.0662 e. The van der Waals surface area contributed by atoms with Crippen LogP contribution < -0.4 is 0 Å². The van der Waals surface area contributed by atoms with Gasteiger partial charge < -0.3 is 10.2 Å². The molecule has 0 aromatic heterocycles. The number of rotatable bonds is 0. The van der Waals surface area contributed by atoms with Gasteiger partial charge in [-0.3, -0.25) is 0 Å². The Labute approximate surface area is 140 Å². The van der Waals surface area contributed by atoms with Crippen molar-refractivity contribution in [2.45, 2.75) is 76.9 Å². The van der Waals surface area contributed by atoms with E-state index in [0.29, 0.717) is 29.6 Å². The standard InChI is InChI=1S/C20H31NO2/c1-19(23)8-7-14-12(10-19)3-5-15-16(14)9-18(22)20(2)13(11-21)4-6-17(15)20/h12-18,22-23H,3-10H2,1-2H3/t12-,13-,14+,15-,16-,17+,18-,19-,20-/m1/s1. The zero-order chi connectivity index (χ0) is 16.4. The van der Waals surface area contributed by atoms with Gasteiger partial charge in [-0.1, -0.05) is 6.92 Å². The minimum atomic E-state index is -0.477. The van der Waals surface area contributed by atoms with E-state index in [1.165, 1.54) is 12.8 Å². The predicted octanol–water partition coefficient (Wildman–Crippen LogP) is 3.50. The van der Waals surface area contributed by atoms with Crippen LogP contribution in [0.25, 0.3) is 0 Å². The molecule has 4 aliphatic carbocycles. The highest BCUT2D eigenvalue weighted by Gasteiger charge is 2.61. The van der Waals surface area contributed by atoms with Gasteiger partial charge in [0, 0.05) is 5.41 Å². The van der Waals surface area contributed by atoms with Gasteiger partial charge in [-0.05, 0) is 87.9 Å². The monoisotopic (exact) mass is 317 g/mol. The molecule has 3 heteroatoms. The number of hydrogen-bond acceptors (Lipinski definition) is 3. The third-order valence-corrected chi connectivity index (χ3v) is 8.50. The Hall–Kier alpha value is -0.590. The fourth-order valence-electron chi connectivity index (χ4n) is 7.30. The molecule has 0 unspecified atom stereocenters. The summed E-state index contributed by atoms with van der Waals surface area (Å²) in [6.07, 6.45) is 8.13. The summed E-state index contributed by atoms with van der Waals surface area (Å²) < 4.78 is 0. The fourth-order valence-corrected chi connectivity index (χ4v) is 7.30. The van der Waals surface area contributed by atoms with Crippen molar-refractivity contribution in [3.8, 4) is 6.07 Å². The molecule has 0 aromatic carbocycles. The molecule has 128 valence electrons. The molecule has 3 nitrogen and oxygen atoms in total. The van der Waals surface area contributed by atoms with Gasteiger partial charge in [0.2, 0.25) is 0 Å². The SMILES string of the molecule is C[C@@]1(O)CC[C@H]2[C@H](CC[C@@H]3[C@@H]2C[C@@H](O)[C@]2(C)[C@@H](C#N)CC[C@@H]32)C1. The number of nitriles is 1. The maximum absolute atomic E-state index is 11.0. The van der Waals surface area contributed by atoms with E-state index >= 15 is 0 Å². The molecule has 0 aliphatic heterocycles. The maximum atomic E-state index is 11.0. The summed E-state index contributed by atoms with van der Waals surface area (Å²) in [4.78, 5) is 0. The Morgan fingerprint density at radius 1 is 1.00 bits per heavy atom. The van der Waals surface area contributed by atoms with Gasteiger partial charge >= 0.3 is 0 Å². The van der Waals surface area contributed by atoms with Crippen molar-refractivity contribution >= 4 is 0 Å². The molecule has 4 rings (SSSR count).